The Morgan fingerprint density at radius 1 is 1.03 bits per heavy atom. The fourth-order valence-electron chi connectivity index (χ4n) is 2.95. The number of benzene rings is 1. The highest BCUT2D eigenvalue weighted by Gasteiger charge is 2.10. The zero-order chi connectivity index (χ0) is 21.5. The molecule has 0 fully saturated rings. The maximum absolute atomic E-state index is 12.4. The van der Waals surface area contributed by atoms with Crippen molar-refractivity contribution in [3.8, 4) is 5.88 Å². The second kappa shape index (κ2) is 9.69. The smallest absolute Gasteiger partial charge is 0.255 e. The lowest BCUT2D eigenvalue weighted by molar-refractivity contribution is 0.102. The number of hydrogen-bond donors (Lipinski definition) is 2. The van der Waals surface area contributed by atoms with Crippen LogP contribution >= 0.6 is 0 Å². The molecule has 2 N–H and O–H groups in total. The molecule has 2 aromatic heterocycles. The van der Waals surface area contributed by atoms with E-state index in [1.54, 1.807) is 12.1 Å². The fraction of sp³-hybridized carbons (Fsp3) is 0.273. The van der Waals surface area contributed by atoms with Crippen LogP contribution in [0.15, 0.2) is 48.7 Å². The number of nitrogens with one attached hydrogen (secondary N) is 2. The van der Waals surface area contributed by atoms with Gasteiger partial charge in [0.05, 0.1) is 7.11 Å². The third kappa shape index (κ3) is 5.22. The monoisotopic (exact) mass is 406 g/mol. The lowest BCUT2D eigenvalue weighted by Gasteiger charge is -2.20. The van der Waals surface area contributed by atoms with Crippen molar-refractivity contribution in [1.82, 2.24) is 15.0 Å². The van der Waals surface area contributed by atoms with Crippen molar-refractivity contribution in [3.05, 3.63) is 59.9 Å². The quantitative estimate of drug-likeness (QED) is 0.583. The van der Waals surface area contributed by atoms with Gasteiger partial charge in [-0.15, -0.1) is 0 Å². The van der Waals surface area contributed by atoms with Crippen molar-refractivity contribution < 1.29 is 9.53 Å². The topological polar surface area (TPSA) is 92.3 Å². The molecule has 8 heteroatoms. The summed E-state index contributed by atoms with van der Waals surface area (Å²) in [5.41, 5.74) is 2.87. The van der Waals surface area contributed by atoms with Crippen molar-refractivity contribution in [1.29, 1.82) is 0 Å². The number of hydrogen-bond acceptors (Lipinski definition) is 7. The predicted octanol–water partition coefficient (Wildman–Crippen LogP) is 4.03. The van der Waals surface area contributed by atoms with Crippen LogP contribution in [-0.2, 0) is 0 Å². The molecule has 0 aliphatic rings. The van der Waals surface area contributed by atoms with E-state index >= 15 is 0 Å². The summed E-state index contributed by atoms with van der Waals surface area (Å²) in [5.74, 6) is 1.59. The number of ether oxygens (including phenoxy) is 1. The molecule has 8 nitrogen and oxygen atoms in total. The first kappa shape index (κ1) is 21.0. The molecule has 1 aromatic carbocycles. The molecule has 0 aliphatic carbocycles. The van der Waals surface area contributed by atoms with E-state index in [0.29, 0.717) is 23.1 Å². The standard InChI is InChI=1S/C22H26N6O2/c1-5-28(6-2)19-13-15(3)24-22(27-19)26-18-9-7-17(8-10-18)25-21(29)16-11-12-23-20(14-16)30-4/h7-14H,5-6H2,1-4H3,(H,25,29)(H,24,26,27). The number of rotatable bonds is 8. The molecule has 0 radical (unpaired) electrons. The molecule has 0 spiro atoms. The van der Waals surface area contributed by atoms with Gasteiger partial charge < -0.3 is 20.3 Å². The summed E-state index contributed by atoms with van der Waals surface area (Å²) in [6.45, 7) is 7.91. The predicted molar refractivity (Wildman–Crippen MR) is 119 cm³/mol. The van der Waals surface area contributed by atoms with Crippen LogP contribution in [0, 0.1) is 6.92 Å². The van der Waals surface area contributed by atoms with Crippen molar-refractivity contribution in [2.24, 2.45) is 0 Å². The first-order chi connectivity index (χ1) is 14.5. The van der Waals surface area contributed by atoms with Gasteiger partial charge in [0, 0.05) is 54.1 Å². The summed E-state index contributed by atoms with van der Waals surface area (Å²) < 4.78 is 5.06. The lowest BCUT2D eigenvalue weighted by Crippen LogP contribution is -2.23. The van der Waals surface area contributed by atoms with Gasteiger partial charge >= 0.3 is 0 Å². The molecule has 3 rings (SSSR count). The number of amides is 1. The van der Waals surface area contributed by atoms with Gasteiger partial charge in [-0.2, -0.15) is 4.98 Å². The van der Waals surface area contributed by atoms with E-state index in [1.807, 2.05) is 37.3 Å². The lowest BCUT2D eigenvalue weighted by atomic mass is 10.2. The molecule has 0 saturated carbocycles. The Kier molecular flexibility index (Phi) is 6.79. The molecule has 1 amide bonds. The number of nitrogens with zero attached hydrogens (tertiary/aromatic N) is 4. The molecule has 0 atom stereocenters. The van der Waals surface area contributed by atoms with Crippen LogP contribution in [0.2, 0.25) is 0 Å². The van der Waals surface area contributed by atoms with Gasteiger partial charge in [-0.05, 0) is 51.1 Å². The van der Waals surface area contributed by atoms with Gasteiger partial charge in [0.15, 0.2) is 0 Å². The number of methoxy groups -OCH3 is 1. The van der Waals surface area contributed by atoms with E-state index in [-0.39, 0.29) is 5.91 Å². The number of pyridine rings is 1. The third-order valence-electron chi connectivity index (χ3n) is 4.53. The van der Waals surface area contributed by atoms with Crippen LogP contribution in [0.25, 0.3) is 0 Å². The van der Waals surface area contributed by atoms with Crippen molar-refractivity contribution in [3.63, 3.8) is 0 Å². The normalized spacial score (nSPS) is 10.4. The zero-order valence-electron chi connectivity index (χ0n) is 17.6. The number of aryl methyl sites for hydroxylation is 1. The van der Waals surface area contributed by atoms with E-state index in [0.717, 1.165) is 30.3 Å². The van der Waals surface area contributed by atoms with Crippen LogP contribution in [0.5, 0.6) is 5.88 Å². The Morgan fingerprint density at radius 2 is 1.73 bits per heavy atom. The van der Waals surface area contributed by atoms with Gasteiger partial charge in [0.1, 0.15) is 5.82 Å². The number of carbonyl (C=O) groups is 1. The van der Waals surface area contributed by atoms with E-state index in [4.69, 9.17) is 4.74 Å². The van der Waals surface area contributed by atoms with E-state index in [1.165, 1.54) is 13.3 Å². The first-order valence-electron chi connectivity index (χ1n) is 9.81. The van der Waals surface area contributed by atoms with Crippen LogP contribution in [-0.4, -0.2) is 41.1 Å². The van der Waals surface area contributed by atoms with Crippen molar-refractivity contribution in [2.75, 3.05) is 35.7 Å². The van der Waals surface area contributed by atoms with Crippen LogP contribution in [0.4, 0.5) is 23.1 Å². The second-order valence-corrected chi connectivity index (χ2v) is 6.61. The Bertz CT molecular complexity index is 1000. The van der Waals surface area contributed by atoms with Crippen LogP contribution < -0.4 is 20.3 Å². The molecule has 156 valence electrons. The first-order valence-corrected chi connectivity index (χ1v) is 9.81. The highest BCUT2D eigenvalue weighted by atomic mass is 16.5. The average molecular weight is 406 g/mol. The van der Waals surface area contributed by atoms with Crippen LogP contribution in [0.1, 0.15) is 29.9 Å². The summed E-state index contributed by atoms with van der Waals surface area (Å²) in [7, 11) is 1.51. The minimum Gasteiger partial charge on any atom is -0.481 e. The van der Waals surface area contributed by atoms with E-state index in [2.05, 4.69) is 44.3 Å². The Balaban J connectivity index is 1.69. The zero-order valence-corrected chi connectivity index (χ0v) is 17.6. The molecule has 2 heterocycles. The highest BCUT2D eigenvalue weighted by molar-refractivity contribution is 6.04. The number of anilines is 4. The van der Waals surface area contributed by atoms with E-state index < -0.39 is 0 Å². The number of carbonyl (C=O) groups excluding carboxylic acids is 1. The van der Waals surface area contributed by atoms with Gasteiger partial charge in [-0.3, -0.25) is 4.79 Å². The summed E-state index contributed by atoms with van der Waals surface area (Å²) in [5, 5.41) is 6.09. The minimum absolute atomic E-state index is 0.234. The number of aromatic nitrogens is 3. The van der Waals surface area contributed by atoms with E-state index in [9.17, 15) is 4.79 Å². The average Bonchev–Trinajstić information content (AvgIpc) is 2.75. The minimum atomic E-state index is -0.234. The van der Waals surface area contributed by atoms with Crippen LogP contribution in [0.3, 0.4) is 0 Å². The second-order valence-electron chi connectivity index (χ2n) is 6.61. The highest BCUT2D eigenvalue weighted by Crippen LogP contribution is 2.20. The molecule has 30 heavy (non-hydrogen) atoms. The molecular formula is C22H26N6O2. The Morgan fingerprint density at radius 3 is 2.40 bits per heavy atom. The largest absolute Gasteiger partial charge is 0.481 e. The van der Waals surface area contributed by atoms with Crippen molar-refractivity contribution in [2.45, 2.75) is 20.8 Å². The van der Waals surface area contributed by atoms with Gasteiger partial charge in [-0.25, -0.2) is 9.97 Å². The molecular weight excluding hydrogens is 380 g/mol. The molecule has 0 unspecified atom stereocenters. The SMILES string of the molecule is CCN(CC)c1cc(C)nc(Nc2ccc(NC(=O)c3ccnc(OC)c3)cc2)n1. The van der Waals surface area contributed by atoms with Gasteiger partial charge in [0.25, 0.3) is 5.91 Å². The summed E-state index contributed by atoms with van der Waals surface area (Å²) in [6, 6.07) is 12.6. The maximum Gasteiger partial charge on any atom is 0.255 e. The summed E-state index contributed by atoms with van der Waals surface area (Å²) >= 11 is 0. The molecule has 0 bridgehead atoms. The molecule has 3 aromatic rings. The van der Waals surface area contributed by atoms with Gasteiger partial charge in [0.2, 0.25) is 11.8 Å². The molecule has 0 aliphatic heterocycles. The Labute approximate surface area is 176 Å². The summed E-state index contributed by atoms with van der Waals surface area (Å²) in [6.07, 6.45) is 1.54. The Hall–Kier alpha value is -3.68. The van der Waals surface area contributed by atoms with Gasteiger partial charge in [-0.1, -0.05) is 0 Å². The third-order valence-corrected chi connectivity index (χ3v) is 4.53. The summed E-state index contributed by atoms with van der Waals surface area (Å²) in [4.78, 5) is 27.7. The molecule has 0 saturated heterocycles. The van der Waals surface area contributed by atoms with Crippen molar-refractivity contribution >= 4 is 29.0 Å². The fourth-order valence-corrected chi connectivity index (χ4v) is 2.95. The maximum atomic E-state index is 12.4.